The molecule has 0 aromatic carbocycles. The molecular formula is C20H21F3N6O. The summed E-state index contributed by atoms with van der Waals surface area (Å²) < 4.78 is 41.7. The molecule has 1 saturated heterocycles. The normalized spacial score (nSPS) is 15.0. The summed E-state index contributed by atoms with van der Waals surface area (Å²) in [7, 11) is 0. The van der Waals surface area contributed by atoms with Crippen molar-refractivity contribution in [1.82, 2.24) is 24.8 Å². The van der Waals surface area contributed by atoms with Crippen LogP contribution in [0.2, 0.25) is 0 Å². The number of nitrogens with zero attached hydrogens (tertiary/aromatic N) is 5. The molecule has 0 aliphatic carbocycles. The van der Waals surface area contributed by atoms with Gasteiger partial charge >= 0.3 is 6.18 Å². The van der Waals surface area contributed by atoms with Crippen LogP contribution in [0.4, 0.5) is 18.9 Å². The summed E-state index contributed by atoms with van der Waals surface area (Å²) in [5.41, 5.74) is 0.974. The van der Waals surface area contributed by atoms with Crippen molar-refractivity contribution >= 4 is 16.9 Å². The van der Waals surface area contributed by atoms with E-state index in [-0.39, 0.29) is 23.4 Å². The summed E-state index contributed by atoms with van der Waals surface area (Å²) in [5.74, 6) is 0. The molecule has 0 saturated carbocycles. The Morgan fingerprint density at radius 2 is 1.90 bits per heavy atom. The highest BCUT2D eigenvalue weighted by atomic mass is 19.4. The number of hydrogen-bond acceptors (Lipinski definition) is 6. The van der Waals surface area contributed by atoms with Crippen molar-refractivity contribution in [2.24, 2.45) is 0 Å². The molecule has 4 rings (SSSR count). The third kappa shape index (κ3) is 3.62. The van der Waals surface area contributed by atoms with Crippen LogP contribution in [-0.4, -0.2) is 45.7 Å². The number of fused-ring (bicyclic) bond motifs is 1. The first-order chi connectivity index (χ1) is 14.3. The third-order valence-electron chi connectivity index (χ3n) is 5.23. The van der Waals surface area contributed by atoms with Crippen LogP contribution in [0.5, 0.6) is 0 Å². The van der Waals surface area contributed by atoms with E-state index in [2.05, 4.69) is 20.3 Å². The summed E-state index contributed by atoms with van der Waals surface area (Å²) in [6, 6.07) is 2.20. The molecule has 1 aliphatic rings. The van der Waals surface area contributed by atoms with Crippen molar-refractivity contribution in [3.05, 3.63) is 57.4 Å². The van der Waals surface area contributed by atoms with E-state index >= 15 is 0 Å². The molecule has 158 valence electrons. The summed E-state index contributed by atoms with van der Waals surface area (Å²) in [5, 5.41) is 3.23. The predicted molar refractivity (Wildman–Crippen MR) is 107 cm³/mol. The fourth-order valence-corrected chi connectivity index (χ4v) is 3.79. The predicted octanol–water partition coefficient (Wildman–Crippen LogP) is 2.28. The minimum Gasteiger partial charge on any atom is -0.364 e. The SMILES string of the molecule is Cc1cnc2c(C)c(N3CCNCC3)c(=O)n(Cc3ncccc3C(F)(F)F)c2n1. The van der Waals surface area contributed by atoms with Gasteiger partial charge in [-0.3, -0.25) is 19.3 Å². The van der Waals surface area contributed by atoms with E-state index in [0.717, 1.165) is 19.2 Å². The second kappa shape index (κ2) is 7.67. The van der Waals surface area contributed by atoms with Crippen molar-refractivity contribution in [2.75, 3.05) is 31.1 Å². The van der Waals surface area contributed by atoms with Crippen LogP contribution in [0, 0.1) is 13.8 Å². The Labute approximate surface area is 170 Å². The first-order valence-corrected chi connectivity index (χ1v) is 9.61. The topological polar surface area (TPSA) is 75.9 Å². The molecule has 0 bridgehead atoms. The van der Waals surface area contributed by atoms with Gasteiger partial charge in [0.2, 0.25) is 0 Å². The highest BCUT2D eigenvalue weighted by molar-refractivity contribution is 5.80. The van der Waals surface area contributed by atoms with E-state index in [1.807, 2.05) is 4.90 Å². The molecular weight excluding hydrogens is 397 g/mol. The number of aryl methyl sites for hydroxylation is 2. The molecule has 4 heterocycles. The van der Waals surface area contributed by atoms with Crippen molar-refractivity contribution < 1.29 is 13.2 Å². The Morgan fingerprint density at radius 1 is 1.17 bits per heavy atom. The zero-order chi connectivity index (χ0) is 21.5. The van der Waals surface area contributed by atoms with Gasteiger partial charge in [0.1, 0.15) is 11.2 Å². The number of halogens is 3. The molecule has 0 amide bonds. The van der Waals surface area contributed by atoms with Crippen LogP contribution in [-0.2, 0) is 12.7 Å². The maximum absolute atomic E-state index is 13.5. The van der Waals surface area contributed by atoms with Crippen molar-refractivity contribution in [1.29, 1.82) is 0 Å². The number of rotatable bonds is 3. The molecule has 7 nitrogen and oxygen atoms in total. The first-order valence-electron chi connectivity index (χ1n) is 9.61. The van der Waals surface area contributed by atoms with Crippen LogP contribution in [0.15, 0.2) is 29.3 Å². The molecule has 3 aromatic rings. The van der Waals surface area contributed by atoms with E-state index in [1.165, 1.54) is 16.8 Å². The summed E-state index contributed by atoms with van der Waals surface area (Å²) in [6.45, 7) is 5.86. The average molecular weight is 418 g/mol. The van der Waals surface area contributed by atoms with Gasteiger partial charge in [0.05, 0.1) is 23.5 Å². The van der Waals surface area contributed by atoms with E-state index in [4.69, 9.17) is 0 Å². The van der Waals surface area contributed by atoms with Gasteiger partial charge in [0.15, 0.2) is 5.65 Å². The summed E-state index contributed by atoms with van der Waals surface area (Å²) in [6.07, 6.45) is -1.69. The number of nitrogens with one attached hydrogen (secondary N) is 1. The fraction of sp³-hybridized carbons (Fsp3) is 0.400. The minimum atomic E-state index is -4.57. The lowest BCUT2D eigenvalue weighted by Gasteiger charge is -2.30. The molecule has 3 aromatic heterocycles. The first kappa shape index (κ1) is 20.3. The number of alkyl halides is 3. The Kier molecular flexibility index (Phi) is 5.19. The summed E-state index contributed by atoms with van der Waals surface area (Å²) >= 11 is 0. The Bertz CT molecular complexity index is 1150. The lowest BCUT2D eigenvalue weighted by atomic mass is 10.1. The zero-order valence-corrected chi connectivity index (χ0v) is 16.6. The van der Waals surface area contributed by atoms with Gasteiger partial charge in [0.25, 0.3) is 5.56 Å². The van der Waals surface area contributed by atoms with Crippen molar-refractivity contribution in [3.63, 3.8) is 0 Å². The molecule has 0 spiro atoms. The Hall–Kier alpha value is -3.01. The largest absolute Gasteiger partial charge is 0.418 e. The van der Waals surface area contributed by atoms with E-state index in [9.17, 15) is 18.0 Å². The fourth-order valence-electron chi connectivity index (χ4n) is 3.79. The van der Waals surface area contributed by atoms with Gasteiger partial charge in [0, 0.05) is 44.1 Å². The molecule has 30 heavy (non-hydrogen) atoms. The molecule has 1 N–H and O–H groups in total. The van der Waals surface area contributed by atoms with Gasteiger partial charge in [-0.25, -0.2) is 4.98 Å². The Morgan fingerprint density at radius 3 is 2.60 bits per heavy atom. The van der Waals surface area contributed by atoms with Gasteiger partial charge < -0.3 is 10.2 Å². The highest BCUT2D eigenvalue weighted by Gasteiger charge is 2.34. The standard InChI is InChI=1S/C20H21F3N6O/c1-12-10-26-16-13(2)17(28-8-6-24-7-9-28)19(30)29(18(16)27-12)11-15-14(20(21,22)23)4-3-5-25-15/h3-5,10,24H,6-9,11H2,1-2H3. The van der Waals surface area contributed by atoms with E-state index in [0.29, 0.717) is 35.6 Å². The van der Waals surface area contributed by atoms with Crippen LogP contribution in [0.1, 0.15) is 22.5 Å². The molecule has 10 heteroatoms. The van der Waals surface area contributed by atoms with Crippen molar-refractivity contribution in [3.8, 4) is 0 Å². The van der Waals surface area contributed by atoms with Crippen LogP contribution < -0.4 is 15.8 Å². The average Bonchev–Trinajstić information content (AvgIpc) is 2.71. The van der Waals surface area contributed by atoms with Crippen molar-refractivity contribution in [2.45, 2.75) is 26.6 Å². The molecule has 0 radical (unpaired) electrons. The molecule has 0 unspecified atom stereocenters. The Balaban J connectivity index is 1.95. The zero-order valence-electron chi connectivity index (χ0n) is 16.6. The van der Waals surface area contributed by atoms with Gasteiger partial charge in [-0.1, -0.05) is 0 Å². The monoisotopic (exact) mass is 418 g/mol. The molecule has 1 fully saturated rings. The van der Waals surface area contributed by atoms with Gasteiger partial charge in [-0.15, -0.1) is 0 Å². The second-order valence-corrected chi connectivity index (χ2v) is 7.28. The molecule has 0 atom stereocenters. The lowest BCUT2D eigenvalue weighted by Crippen LogP contribution is -2.46. The second-order valence-electron chi connectivity index (χ2n) is 7.28. The number of aromatic nitrogens is 4. The van der Waals surface area contributed by atoms with Crippen LogP contribution in [0.25, 0.3) is 11.2 Å². The maximum atomic E-state index is 13.5. The van der Waals surface area contributed by atoms with Crippen LogP contribution in [0.3, 0.4) is 0 Å². The highest BCUT2D eigenvalue weighted by Crippen LogP contribution is 2.32. The third-order valence-corrected chi connectivity index (χ3v) is 5.23. The number of pyridine rings is 2. The minimum absolute atomic E-state index is 0.230. The maximum Gasteiger partial charge on any atom is 0.418 e. The van der Waals surface area contributed by atoms with E-state index < -0.39 is 11.7 Å². The number of piperazine rings is 1. The van der Waals surface area contributed by atoms with Gasteiger partial charge in [-0.2, -0.15) is 13.2 Å². The number of hydrogen-bond donors (Lipinski definition) is 1. The quantitative estimate of drug-likeness (QED) is 0.704. The smallest absolute Gasteiger partial charge is 0.364 e. The summed E-state index contributed by atoms with van der Waals surface area (Å²) in [4.78, 5) is 28.3. The lowest BCUT2D eigenvalue weighted by molar-refractivity contribution is -0.138. The molecule has 1 aliphatic heterocycles. The van der Waals surface area contributed by atoms with Crippen LogP contribution >= 0.6 is 0 Å². The van der Waals surface area contributed by atoms with Gasteiger partial charge in [-0.05, 0) is 26.0 Å². The number of anilines is 1. The van der Waals surface area contributed by atoms with E-state index in [1.54, 1.807) is 20.0 Å².